The van der Waals surface area contributed by atoms with Crippen molar-refractivity contribution in [3.05, 3.63) is 76.2 Å². The number of aryl methyl sites for hydroxylation is 1. The third-order valence-electron chi connectivity index (χ3n) is 4.06. The molecule has 5 nitrogen and oxygen atoms in total. The largest absolute Gasteiger partial charge is 0.463 e. The first kappa shape index (κ1) is 17.2. The lowest BCUT2D eigenvalue weighted by Gasteiger charge is -2.08. The summed E-state index contributed by atoms with van der Waals surface area (Å²) >= 11 is 1.38. The maximum absolute atomic E-state index is 12.7. The van der Waals surface area contributed by atoms with E-state index in [1.54, 1.807) is 36.6 Å². The molecule has 3 aromatic heterocycles. The van der Waals surface area contributed by atoms with Crippen molar-refractivity contribution in [1.82, 2.24) is 4.98 Å². The van der Waals surface area contributed by atoms with Gasteiger partial charge in [-0.3, -0.25) is 4.79 Å². The molecule has 3 heterocycles. The van der Waals surface area contributed by atoms with Crippen molar-refractivity contribution in [3.8, 4) is 11.5 Å². The second-order valence-corrected chi connectivity index (χ2v) is 7.25. The number of Topliss-reactive ketones (excluding diaryl/α,β-unsaturated/α-hetero) is 1. The van der Waals surface area contributed by atoms with Crippen LogP contribution < -0.4 is 0 Å². The summed E-state index contributed by atoms with van der Waals surface area (Å²) in [5.74, 6) is -0.228. The quantitative estimate of drug-likeness (QED) is 0.365. The molecular formula is C21H15NO4S. The second kappa shape index (κ2) is 7.17. The minimum atomic E-state index is -0.567. The molecule has 0 fully saturated rings. The Kier molecular flexibility index (Phi) is 4.56. The number of ketones is 1. The molecule has 0 atom stereocenters. The van der Waals surface area contributed by atoms with E-state index < -0.39 is 5.97 Å². The van der Waals surface area contributed by atoms with E-state index in [0.717, 1.165) is 4.88 Å². The normalized spacial score (nSPS) is 10.9. The number of benzene rings is 1. The zero-order valence-corrected chi connectivity index (χ0v) is 15.3. The molecule has 0 saturated heterocycles. The van der Waals surface area contributed by atoms with Gasteiger partial charge in [-0.15, -0.1) is 11.3 Å². The molecule has 27 heavy (non-hydrogen) atoms. The minimum Gasteiger partial charge on any atom is -0.463 e. The zero-order chi connectivity index (χ0) is 18.8. The van der Waals surface area contributed by atoms with Crippen molar-refractivity contribution in [1.29, 1.82) is 0 Å². The lowest BCUT2D eigenvalue weighted by atomic mass is 10.1. The molecule has 4 rings (SSSR count). The number of para-hydroxylation sites is 1. The van der Waals surface area contributed by atoms with Crippen LogP contribution >= 0.6 is 11.3 Å². The lowest BCUT2D eigenvalue weighted by molar-refractivity contribution is 0.0478. The van der Waals surface area contributed by atoms with Crippen LogP contribution in [0.3, 0.4) is 0 Å². The number of esters is 1. The standard InChI is InChI=1S/C21H15NO4S/c1-13-8-9-20(27-13)18(23)12-26-21(24)15-11-17(19-7-4-10-25-19)22-16-6-3-2-5-14(15)16/h2-11H,12H2,1H3. The highest BCUT2D eigenvalue weighted by Crippen LogP contribution is 2.26. The second-order valence-electron chi connectivity index (χ2n) is 5.96. The number of ether oxygens (including phenoxy) is 1. The summed E-state index contributed by atoms with van der Waals surface area (Å²) in [6, 6.07) is 16.1. The Balaban J connectivity index is 1.63. The molecule has 0 spiro atoms. The number of pyridine rings is 1. The van der Waals surface area contributed by atoms with Crippen LogP contribution in [0, 0.1) is 6.92 Å². The van der Waals surface area contributed by atoms with Gasteiger partial charge in [0.1, 0.15) is 5.69 Å². The van der Waals surface area contributed by atoms with Gasteiger partial charge in [-0.2, -0.15) is 0 Å². The first-order valence-electron chi connectivity index (χ1n) is 8.32. The van der Waals surface area contributed by atoms with Gasteiger partial charge >= 0.3 is 5.97 Å². The van der Waals surface area contributed by atoms with Crippen LogP contribution in [-0.4, -0.2) is 23.3 Å². The Labute approximate surface area is 159 Å². The van der Waals surface area contributed by atoms with Crippen LogP contribution in [0.4, 0.5) is 0 Å². The molecule has 4 aromatic rings. The van der Waals surface area contributed by atoms with Gasteiger partial charge in [0.2, 0.25) is 5.78 Å². The number of aromatic nitrogens is 1. The molecule has 0 unspecified atom stereocenters. The fourth-order valence-corrected chi connectivity index (χ4v) is 3.55. The number of hydrogen-bond donors (Lipinski definition) is 0. The predicted molar refractivity (Wildman–Crippen MR) is 103 cm³/mol. The van der Waals surface area contributed by atoms with Crippen LogP contribution in [0.5, 0.6) is 0 Å². The monoisotopic (exact) mass is 377 g/mol. The van der Waals surface area contributed by atoms with Crippen LogP contribution in [0.15, 0.2) is 65.3 Å². The first-order valence-corrected chi connectivity index (χ1v) is 9.14. The molecule has 0 saturated carbocycles. The number of hydrogen-bond acceptors (Lipinski definition) is 6. The summed E-state index contributed by atoms with van der Waals surface area (Å²) in [6.45, 7) is 1.62. The Morgan fingerprint density at radius 1 is 1.11 bits per heavy atom. The van der Waals surface area contributed by atoms with Crippen LogP contribution in [0.1, 0.15) is 24.9 Å². The van der Waals surface area contributed by atoms with Gasteiger partial charge in [0.15, 0.2) is 12.4 Å². The number of carbonyl (C=O) groups is 2. The Morgan fingerprint density at radius 2 is 1.96 bits per heavy atom. The van der Waals surface area contributed by atoms with E-state index in [1.165, 1.54) is 11.3 Å². The molecule has 134 valence electrons. The highest BCUT2D eigenvalue weighted by molar-refractivity contribution is 7.14. The topological polar surface area (TPSA) is 69.4 Å². The Morgan fingerprint density at radius 3 is 2.70 bits per heavy atom. The highest BCUT2D eigenvalue weighted by atomic mass is 32.1. The van der Waals surface area contributed by atoms with Crippen molar-refractivity contribution in [2.75, 3.05) is 6.61 Å². The fraction of sp³-hybridized carbons (Fsp3) is 0.0952. The molecule has 0 aliphatic carbocycles. The zero-order valence-electron chi connectivity index (χ0n) is 14.5. The van der Waals surface area contributed by atoms with E-state index in [0.29, 0.717) is 32.8 Å². The van der Waals surface area contributed by atoms with E-state index in [2.05, 4.69) is 4.98 Å². The maximum Gasteiger partial charge on any atom is 0.339 e. The van der Waals surface area contributed by atoms with Crippen molar-refractivity contribution in [3.63, 3.8) is 0 Å². The van der Waals surface area contributed by atoms with E-state index >= 15 is 0 Å². The number of carbonyl (C=O) groups excluding carboxylic acids is 2. The molecule has 0 aliphatic rings. The predicted octanol–water partition coefficient (Wildman–Crippen LogP) is 4.90. The fourth-order valence-electron chi connectivity index (χ4n) is 2.76. The van der Waals surface area contributed by atoms with Gasteiger partial charge < -0.3 is 9.15 Å². The molecule has 0 N–H and O–H groups in total. The summed E-state index contributed by atoms with van der Waals surface area (Å²) in [7, 11) is 0. The van der Waals surface area contributed by atoms with Gasteiger partial charge in [0.25, 0.3) is 0 Å². The number of fused-ring (bicyclic) bond motifs is 1. The smallest absolute Gasteiger partial charge is 0.339 e. The molecule has 0 aliphatic heterocycles. The van der Waals surface area contributed by atoms with Gasteiger partial charge in [-0.05, 0) is 43.3 Å². The molecule has 1 aromatic carbocycles. The van der Waals surface area contributed by atoms with Crippen molar-refractivity contribution in [2.45, 2.75) is 6.92 Å². The van der Waals surface area contributed by atoms with E-state index in [4.69, 9.17) is 9.15 Å². The van der Waals surface area contributed by atoms with Gasteiger partial charge in [0.05, 0.1) is 22.2 Å². The van der Waals surface area contributed by atoms with E-state index in [1.807, 2.05) is 31.2 Å². The van der Waals surface area contributed by atoms with Crippen LogP contribution in [0.2, 0.25) is 0 Å². The summed E-state index contributed by atoms with van der Waals surface area (Å²) in [4.78, 5) is 31.1. The minimum absolute atomic E-state index is 0.217. The van der Waals surface area contributed by atoms with Crippen molar-refractivity contribution in [2.24, 2.45) is 0 Å². The molecule has 6 heteroatoms. The van der Waals surface area contributed by atoms with E-state index in [9.17, 15) is 9.59 Å². The highest BCUT2D eigenvalue weighted by Gasteiger charge is 2.18. The Bertz CT molecular complexity index is 1130. The van der Waals surface area contributed by atoms with Gasteiger partial charge in [-0.25, -0.2) is 9.78 Å². The number of nitrogens with zero attached hydrogens (tertiary/aromatic N) is 1. The molecular weight excluding hydrogens is 362 g/mol. The third-order valence-corrected chi connectivity index (χ3v) is 5.10. The van der Waals surface area contributed by atoms with Crippen molar-refractivity contribution >= 4 is 34.0 Å². The number of thiophene rings is 1. The van der Waals surface area contributed by atoms with Gasteiger partial charge in [0, 0.05) is 10.3 Å². The van der Waals surface area contributed by atoms with Crippen molar-refractivity contribution < 1.29 is 18.7 Å². The maximum atomic E-state index is 12.7. The Hall–Kier alpha value is -3.25. The number of rotatable bonds is 5. The van der Waals surface area contributed by atoms with Crippen LogP contribution in [-0.2, 0) is 4.74 Å². The molecule has 0 bridgehead atoms. The SMILES string of the molecule is Cc1ccc(C(=O)COC(=O)c2cc(-c3ccco3)nc3ccccc23)s1. The number of furan rings is 1. The molecule has 0 amide bonds. The molecule has 0 radical (unpaired) electrons. The average Bonchev–Trinajstić information content (AvgIpc) is 3.37. The lowest BCUT2D eigenvalue weighted by Crippen LogP contribution is -2.14. The summed E-state index contributed by atoms with van der Waals surface area (Å²) in [6.07, 6.45) is 1.55. The van der Waals surface area contributed by atoms with Gasteiger partial charge in [-0.1, -0.05) is 18.2 Å². The third kappa shape index (κ3) is 3.52. The first-order chi connectivity index (χ1) is 13.1. The van der Waals surface area contributed by atoms with Crippen LogP contribution in [0.25, 0.3) is 22.4 Å². The summed E-state index contributed by atoms with van der Waals surface area (Å²) in [5, 5.41) is 0.664. The summed E-state index contributed by atoms with van der Waals surface area (Å²) < 4.78 is 10.7. The van der Waals surface area contributed by atoms with E-state index in [-0.39, 0.29) is 12.4 Å². The summed E-state index contributed by atoms with van der Waals surface area (Å²) in [5.41, 5.74) is 1.53. The average molecular weight is 377 g/mol.